The van der Waals surface area contributed by atoms with Crippen molar-refractivity contribution < 1.29 is 8.81 Å². The second-order valence-corrected chi connectivity index (χ2v) is 7.70. The van der Waals surface area contributed by atoms with Gasteiger partial charge in [-0.2, -0.15) is 4.98 Å². The van der Waals surface area contributed by atoms with Crippen molar-refractivity contribution in [3.63, 3.8) is 0 Å². The zero-order valence-corrected chi connectivity index (χ0v) is 18.9. The molecule has 0 aliphatic rings. The summed E-state index contributed by atoms with van der Waals surface area (Å²) in [7, 11) is 0. The van der Waals surface area contributed by atoms with E-state index in [1.807, 2.05) is 6.92 Å². The molecule has 0 saturated heterocycles. The third-order valence-electron chi connectivity index (χ3n) is 4.80. The number of hydrogen-bond acceptors (Lipinski definition) is 7. The minimum atomic E-state index is 0.172. The van der Waals surface area contributed by atoms with E-state index in [1.165, 1.54) is 18.4 Å². The summed E-state index contributed by atoms with van der Waals surface area (Å²) in [4.78, 5) is 4.48. The van der Waals surface area contributed by atoms with Crippen molar-refractivity contribution in [2.24, 2.45) is 5.16 Å². The fourth-order valence-electron chi connectivity index (χ4n) is 3.00. The number of nitrogens with zero attached hydrogens (tertiary/aromatic N) is 3. The van der Waals surface area contributed by atoms with Gasteiger partial charge in [0.1, 0.15) is 0 Å². The highest BCUT2D eigenvalue weighted by molar-refractivity contribution is 7.95. The Balaban J connectivity index is 1.86. The maximum absolute atomic E-state index is 5.48. The Hall–Kier alpha value is -2.02. The Kier molecular flexibility index (Phi) is 10.6. The first-order valence-corrected chi connectivity index (χ1v) is 11.5. The number of anilines is 1. The Morgan fingerprint density at radius 3 is 2.59 bits per heavy atom. The predicted octanol–water partition coefficient (Wildman–Crippen LogP) is 6.71. The largest absolute Gasteiger partial charge is 0.339 e. The molecule has 0 bridgehead atoms. The Morgan fingerprint density at radius 2 is 1.97 bits per heavy atom. The van der Waals surface area contributed by atoms with Crippen molar-refractivity contribution in [3.8, 4) is 0 Å². The van der Waals surface area contributed by atoms with E-state index in [1.54, 1.807) is 0 Å². The van der Waals surface area contributed by atoms with Crippen LogP contribution in [0.25, 0.3) is 0 Å². The fourth-order valence-corrected chi connectivity index (χ4v) is 3.41. The summed E-state index contributed by atoms with van der Waals surface area (Å²) >= 11 is 1.13. The molecule has 0 radical (unpaired) electrons. The van der Waals surface area contributed by atoms with Crippen LogP contribution in [0.2, 0.25) is 0 Å². The molecule has 0 amide bonds. The molecule has 6 nitrogen and oxygen atoms in total. The second kappa shape index (κ2) is 13.2. The average molecular weight is 419 g/mol. The van der Waals surface area contributed by atoms with E-state index < -0.39 is 0 Å². The van der Waals surface area contributed by atoms with Crippen molar-refractivity contribution in [3.05, 3.63) is 41.5 Å². The molecule has 160 valence electrons. The highest BCUT2D eigenvalue weighted by Crippen LogP contribution is 2.24. The zero-order valence-electron chi connectivity index (χ0n) is 18.1. The number of rotatable bonds is 14. The number of nitrogens with one attached hydrogen (secondary N) is 1. The molecule has 2 rings (SSSR count). The van der Waals surface area contributed by atoms with Crippen LogP contribution >= 0.6 is 12.2 Å². The van der Waals surface area contributed by atoms with Gasteiger partial charge in [0, 0.05) is 24.4 Å². The monoisotopic (exact) mass is 418 g/mol. The average Bonchev–Trinajstić information content (AvgIpc) is 3.23. The maximum Gasteiger partial charge on any atom is 0.230 e. The predicted molar refractivity (Wildman–Crippen MR) is 121 cm³/mol. The van der Waals surface area contributed by atoms with Crippen LogP contribution in [0.5, 0.6) is 0 Å². The van der Waals surface area contributed by atoms with Crippen LogP contribution in [-0.2, 0) is 17.1 Å². The lowest BCUT2D eigenvalue weighted by Crippen LogP contribution is -2.08. The maximum atomic E-state index is 5.48. The lowest BCUT2D eigenvalue weighted by Gasteiger charge is -2.11. The molecule has 0 saturated carbocycles. The molecule has 0 aliphatic heterocycles. The molecule has 0 aliphatic carbocycles. The molecule has 1 aromatic heterocycles. The van der Waals surface area contributed by atoms with E-state index in [4.69, 9.17) is 8.81 Å². The van der Waals surface area contributed by atoms with Gasteiger partial charge in [-0.15, -0.1) is 0 Å². The summed E-state index contributed by atoms with van der Waals surface area (Å²) in [6, 6.07) is 8.47. The van der Waals surface area contributed by atoms with Crippen LogP contribution in [0.3, 0.4) is 0 Å². The van der Waals surface area contributed by atoms with Crippen molar-refractivity contribution in [2.75, 3.05) is 4.72 Å². The minimum absolute atomic E-state index is 0.172. The summed E-state index contributed by atoms with van der Waals surface area (Å²) in [6.45, 7) is 8.51. The fraction of sp³-hybridized carbons (Fsp3) is 0.591. The smallest absolute Gasteiger partial charge is 0.230 e. The van der Waals surface area contributed by atoms with E-state index in [2.05, 4.69) is 65.1 Å². The van der Waals surface area contributed by atoms with Gasteiger partial charge >= 0.3 is 0 Å². The summed E-state index contributed by atoms with van der Waals surface area (Å²) in [6.07, 6.45) is 7.93. The molecular formula is C22H34N4O2S. The first-order chi connectivity index (χ1) is 14.2. The molecule has 29 heavy (non-hydrogen) atoms. The first kappa shape index (κ1) is 23.3. The second-order valence-electron chi connectivity index (χ2n) is 7.18. The van der Waals surface area contributed by atoms with Crippen LogP contribution in [0.1, 0.15) is 89.4 Å². The molecule has 0 spiro atoms. The Labute approximate surface area is 179 Å². The number of oxime groups is 1. The SMILES string of the molecule is CCCCc1ccc(NSO/N=C(\CCC)CC(CC)c2nc(CC)no2)cc1. The molecule has 1 aromatic carbocycles. The third kappa shape index (κ3) is 8.09. The van der Waals surface area contributed by atoms with Crippen molar-refractivity contribution in [1.29, 1.82) is 0 Å². The van der Waals surface area contributed by atoms with Crippen LogP contribution in [0.4, 0.5) is 5.69 Å². The molecule has 1 heterocycles. The Bertz CT molecular complexity index is 731. The van der Waals surface area contributed by atoms with Gasteiger partial charge in [-0.05, 0) is 43.4 Å². The van der Waals surface area contributed by atoms with Crippen LogP contribution in [0.15, 0.2) is 33.9 Å². The van der Waals surface area contributed by atoms with E-state index in [-0.39, 0.29) is 5.92 Å². The van der Waals surface area contributed by atoms with Gasteiger partial charge in [-0.1, -0.05) is 63.0 Å². The number of hydrogen-bond donors (Lipinski definition) is 1. The number of benzene rings is 1. The highest BCUT2D eigenvalue weighted by Gasteiger charge is 2.19. The summed E-state index contributed by atoms with van der Waals surface area (Å²) in [5, 5.41) is 8.37. The number of aryl methyl sites for hydroxylation is 2. The van der Waals surface area contributed by atoms with Gasteiger partial charge in [-0.3, -0.25) is 9.01 Å². The number of aromatic nitrogens is 2. The van der Waals surface area contributed by atoms with Gasteiger partial charge in [0.2, 0.25) is 18.1 Å². The summed E-state index contributed by atoms with van der Waals surface area (Å²) in [5.74, 6) is 1.62. The molecule has 1 atom stereocenters. The van der Waals surface area contributed by atoms with Gasteiger partial charge in [-0.25, -0.2) is 0 Å². The van der Waals surface area contributed by atoms with Crippen LogP contribution in [-0.4, -0.2) is 15.9 Å². The molecule has 2 aromatic rings. The van der Waals surface area contributed by atoms with E-state index in [0.717, 1.165) is 68.0 Å². The first-order valence-electron chi connectivity index (χ1n) is 10.8. The lowest BCUT2D eigenvalue weighted by molar-refractivity contribution is 0.345. The quantitative estimate of drug-likeness (QED) is 0.121. The van der Waals surface area contributed by atoms with Crippen molar-refractivity contribution in [1.82, 2.24) is 10.1 Å². The molecular weight excluding hydrogens is 384 g/mol. The number of unbranched alkanes of at least 4 members (excludes halogenated alkanes) is 1. The zero-order chi connectivity index (χ0) is 20.9. The van der Waals surface area contributed by atoms with Crippen LogP contribution in [0, 0.1) is 0 Å². The minimum Gasteiger partial charge on any atom is -0.339 e. The third-order valence-corrected chi connectivity index (χ3v) is 5.27. The van der Waals surface area contributed by atoms with Gasteiger partial charge in [0.25, 0.3) is 0 Å². The lowest BCUT2D eigenvalue weighted by atomic mass is 9.97. The Morgan fingerprint density at radius 1 is 1.17 bits per heavy atom. The van der Waals surface area contributed by atoms with Crippen molar-refractivity contribution in [2.45, 2.75) is 85.0 Å². The molecule has 0 fully saturated rings. The van der Waals surface area contributed by atoms with E-state index in [9.17, 15) is 0 Å². The van der Waals surface area contributed by atoms with Gasteiger partial charge < -0.3 is 4.52 Å². The van der Waals surface area contributed by atoms with Gasteiger partial charge in [0.15, 0.2) is 5.82 Å². The summed E-state index contributed by atoms with van der Waals surface area (Å²) < 4.78 is 14.1. The van der Waals surface area contributed by atoms with Gasteiger partial charge in [0.05, 0.1) is 5.71 Å². The highest BCUT2D eigenvalue weighted by atomic mass is 32.2. The summed E-state index contributed by atoms with van der Waals surface area (Å²) in [5.41, 5.74) is 3.39. The molecule has 1 N–H and O–H groups in total. The molecule has 7 heteroatoms. The normalized spacial score (nSPS) is 12.8. The topological polar surface area (TPSA) is 72.5 Å². The standard InChI is InChI=1S/C22H34N4O2S/c1-5-9-11-17-12-14-19(15-13-17)26-29-28-24-20(10-6-2)16-18(7-3)22-23-21(8-4)25-27-22/h12-15,18,26H,5-11,16H2,1-4H3/b24-20+. The molecule has 1 unspecified atom stereocenters. The van der Waals surface area contributed by atoms with Crippen LogP contribution < -0.4 is 4.72 Å². The van der Waals surface area contributed by atoms with Crippen molar-refractivity contribution >= 4 is 23.6 Å². The van der Waals surface area contributed by atoms with E-state index >= 15 is 0 Å². The van der Waals surface area contributed by atoms with E-state index in [0.29, 0.717) is 5.89 Å².